The van der Waals surface area contributed by atoms with Crippen molar-refractivity contribution in [3.05, 3.63) is 114 Å². The van der Waals surface area contributed by atoms with Gasteiger partial charge in [-0.05, 0) is 48.1 Å². The number of methoxy groups -OCH3 is 1. The van der Waals surface area contributed by atoms with Crippen molar-refractivity contribution in [1.29, 1.82) is 0 Å². The summed E-state index contributed by atoms with van der Waals surface area (Å²) in [7, 11) is 1.37. The van der Waals surface area contributed by atoms with Crippen molar-refractivity contribution in [3.8, 4) is 11.3 Å². The maximum absolute atomic E-state index is 12.3. The normalized spacial score (nSPS) is 17.4. The van der Waals surface area contributed by atoms with E-state index in [4.69, 9.17) is 21.4 Å². The Balaban J connectivity index is 1.55. The van der Waals surface area contributed by atoms with Crippen LogP contribution in [0.2, 0.25) is 0 Å². The molecule has 7 heteroatoms. The third-order valence-electron chi connectivity index (χ3n) is 5.91. The predicted octanol–water partition coefficient (Wildman–Crippen LogP) is 5.30. The standard InChI is InChI=1S/C27H23N3O3S/c1-32-26(31)20-12-6-5-11-19(20)22-14-15-23(33-22)25-24(21-13-7-8-16-28-21)29-27(34)30(25)17-18-9-3-2-4-10-18/h2-16,24-25H,17H2,1H3,(H,29,34)/t24-,25-/m0/s1. The van der Waals surface area contributed by atoms with Gasteiger partial charge in [-0.3, -0.25) is 4.98 Å². The molecule has 0 unspecified atom stereocenters. The van der Waals surface area contributed by atoms with Gasteiger partial charge in [0, 0.05) is 18.3 Å². The number of aromatic nitrogens is 1. The molecule has 0 amide bonds. The van der Waals surface area contributed by atoms with Gasteiger partial charge in [0.15, 0.2) is 5.11 Å². The Labute approximate surface area is 203 Å². The lowest BCUT2D eigenvalue weighted by Gasteiger charge is -2.26. The number of thiocarbonyl (C=S) groups is 1. The lowest BCUT2D eigenvalue weighted by molar-refractivity contribution is 0.0601. The fraction of sp³-hybridized carbons (Fsp3) is 0.148. The molecule has 34 heavy (non-hydrogen) atoms. The molecule has 1 aliphatic heterocycles. The first kappa shape index (κ1) is 21.9. The number of hydrogen-bond acceptors (Lipinski definition) is 5. The summed E-state index contributed by atoms with van der Waals surface area (Å²) in [6.45, 7) is 0.620. The highest BCUT2D eigenvalue weighted by atomic mass is 32.1. The van der Waals surface area contributed by atoms with Gasteiger partial charge in [-0.1, -0.05) is 54.6 Å². The molecule has 5 rings (SSSR count). The van der Waals surface area contributed by atoms with Gasteiger partial charge in [0.25, 0.3) is 0 Å². The van der Waals surface area contributed by atoms with E-state index in [0.717, 1.165) is 17.0 Å². The van der Waals surface area contributed by atoms with Crippen molar-refractivity contribution in [2.45, 2.75) is 18.6 Å². The molecule has 0 spiro atoms. The Morgan fingerprint density at radius 3 is 2.56 bits per heavy atom. The van der Waals surface area contributed by atoms with Crippen molar-refractivity contribution in [3.63, 3.8) is 0 Å². The minimum absolute atomic E-state index is 0.188. The Morgan fingerprint density at radius 1 is 1.03 bits per heavy atom. The largest absolute Gasteiger partial charge is 0.465 e. The number of benzene rings is 2. The highest BCUT2D eigenvalue weighted by Gasteiger charge is 2.41. The molecule has 3 heterocycles. The van der Waals surface area contributed by atoms with Gasteiger partial charge in [-0.25, -0.2) is 4.79 Å². The lowest BCUT2D eigenvalue weighted by atomic mass is 10.0. The first-order chi connectivity index (χ1) is 16.7. The summed E-state index contributed by atoms with van der Waals surface area (Å²) in [5.41, 5.74) is 3.14. The molecule has 1 fully saturated rings. The topological polar surface area (TPSA) is 67.6 Å². The maximum Gasteiger partial charge on any atom is 0.338 e. The van der Waals surface area contributed by atoms with Crippen LogP contribution in [0.15, 0.2) is 95.5 Å². The Hall–Kier alpha value is -3.97. The van der Waals surface area contributed by atoms with Gasteiger partial charge in [0.2, 0.25) is 0 Å². The number of furan rings is 1. The first-order valence-corrected chi connectivity index (χ1v) is 11.4. The van der Waals surface area contributed by atoms with Crippen molar-refractivity contribution < 1.29 is 13.9 Å². The van der Waals surface area contributed by atoms with Crippen LogP contribution in [-0.4, -0.2) is 28.1 Å². The molecule has 1 N–H and O–H groups in total. The van der Waals surface area contributed by atoms with Crippen LogP contribution in [0.25, 0.3) is 11.3 Å². The number of hydrogen-bond donors (Lipinski definition) is 1. The zero-order valence-corrected chi connectivity index (χ0v) is 19.4. The van der Waals surface area contributed by atoms with E-state index < -0.39 is 5.97 Å². The summed E-state index contributed by atoms with van der Waals surface area (Å²) in [5, 5.41) is 4.07. The zero-order valence-electron chi connectivity index (χ0n) is 18.5. The van der Waals surface area contributed by atoms with Crippen LogP contribution in [-0.2, 0) is 11.3 Å². The van der Waals surface area contributed by atoms with Gasteiger partial charge in [-0.2, -0.15) is 0 Å². The monoisotopic (exact) mass is 469 g/mol. The van der Waals surface area contributed by atoms with Gasteiger partial charge >= 0.3 is 5.97 Å². The third-order valence-corrected chi connectivity index (χ3v) is 6.26. The quantitative estimate of drug-likeness (QED) is 0.304. The summed E-state index contributed by atoms with van der Waals surface area (Å²) in [6.07, 6.45) is 1.77. The number of carbonyl (C=O) groups excluding carboxylic acids is 1. The van der Waals surface area contributed by atoms with Gasteiger partial charge < -0.3 is 19.4 Å². The molecule has 2 atom stereocenters. The fourth-order valence-electron chi connectivity index (χ4n) is 4.31. The Kier molecular flexibility index (Phi) is 6.10. The molecule has 170 valence electrons. The molecule has 1 saturated heterocycles. The third kappa shape index (κ3) is 4.18. The molecule has 6 nitrogen and oxygen atoms in total. The van der Waals surface area contributed by atoms with Crippen LogP contribution in [0.5, 0.6) is 0 Å². The van der Waals surface area contributed by atoms with Gasteiger partial charge in [-0.15, -0.1) is 0 Å². The van der Waals surface area contributed by atoms with E-state index in [1.165, 1.54) is 7.11 Å². The van der Waals surface area contributed by atoms with E-state index in [9.17, 15) is 4.79 Å². The summed E-state index contributed by atoms with van der Waals surface area (Å²) in [5.74, 6) is 0.913. The van der Waals surface area contributed by atoms with Crippen LogP contribution in [0.1, 0.15) is 39.5 Å². The van der Waals surface area contributed by atoms with Crippen LogP contribution in [0.4, 0.5) is 0 Å². The van der Waals surface area contributed by atoms with Crippen molar-refractivity contribution >= 4 is 23.3 Å². The van der Waals surface area contributed by atoms with Crippen LogP contribution in [0.3, 0.4) is 0 Å². The lowest BCUT2D eigenvalue weighted by Crippen LogP contribution is -2.29. The highest BCUT2D eigenvalue weighted by molar-refractivity contribution is 7.80. The molecule has 0 bridgehead atoms. The molecule has 2 aromatic carbocycles. The number of carbonyl (C=O) groups is 1. The van der Waals surface area contributed by atoms with Crippen LogP contribution < -0.4 is 5.32 Å². The molecular formula is C27H23N3O3S. The minimum Gasteiger partial charge on any atom is -0.465 e. The fourth-order valence-corrected chi connectivity index (χ4v) is 4.61. The van der Waals surface area contributed by atoms with Crippen molar-refractivity contribution in [1.82, 2.24) is 15.2 Å². The zero-order chi connectivity index (χ0) is 23.5. The molecule has 4 aromatic rings. The van der Waals surface area contributed by atoms with E-state index >= 15 is 0 Å². The first-order valence-electron chi connectivity index (χ1n) is 10.9. The molecular weight excluding hydrogens is 446 g/mol. The number of nitrogens with zero attached hydrogens (tertiary/aromatic N) is 2. The van der Waals surface area contributed by atoms with Crippen LogP contribution >= 0.6 is 12.2 Å². The molecule has 0 radical (unpaired) electrons. The molecule has 0 aliphatic carbocycles. The number of nitrogens with one attached hydrogen (secondary N) is 1. The predicted molar refractivity (Wildman–Crippen MR) is 133 cm³/mol. The maximum atomic E-state index is 12.3. The van der Waals surface area contributed by atoms with E-state index in [-0.39, 0.29) is 12.1 Å². The summed E-state index contributed by atoms with van der Waals surface area (Å²) >= 11 is 5.75. The van der Waals surface area contributed by atoms with Crippen LogP contribution in [0, 0.1) is 0 Å². The number of rotatable bonds is 6. The van der Waals surface area contributed by atoms with E-state index in [1.54, 1.807) is 18.3 Å². The Morgan fingerprint density at radius 2 is 1.79 bits per heavy atom. The van der Waals surface area contributed by atoms with E-state index in [0.29, 0.717) is 28.5 Å². The van der Waals surface area contributed by atoms with Gasteiger partial charge in [0.05, 0.1) is 24.4 Å². The number of esters is 1. The second kappa shape index (κ2) is 9.49. The Bertz CT molecular complexity index is 1310. The molecule has 0 saturated carbocycles. The summed E-state index contributed by atoms with van der Waals surface area (Å²) < 4.78 is 11.3. The van der Waals surface area contributed by atoms with Crippen molar-refractivity contribution in [2.75, 3.05) is 7.11 Å². The summed E-state index contributed by atoms with van der Waals surface area (Å²) in [6, 6.07) is 26.7. The van der Waals surface area contributed by atoms with E-state index in [1.807, 2.05) is 60.7 Å². The summed E-state index contributed by atoms with van der Waals surface area (Å²) in [4.78, 5) is 19.0. The molecule has 1 aliphatic rings. The second-order valence-electron chi connectivity index (χ2n) is 7.98. The molecule has 2 aromatic heterocycles. The second-order valence-corrected chi connectivity index (χ2v) is 8.37. The minimum atomic E-state index is -0.408. The average molecular weight is 470 g/mol. The number of pyridine rings is 1. The van der Waals surface area contributed by atoms with E-state index in [2.05, 4.69) is 27.3 Å². The highest BCUT2D eigenvalue weighted by Crippen LogP contribution is 2.41. The smallest absolute Gasteiger partial charge is 0.338 e. The van der Waals surface area contributed by atoms with Gasteiger partial charge in [0.1, 0.15) is 17.6 Å². The van der Waals surface area contributed by atoms with Crippen molar-refractivity contribution in [2.24, 2.45) is 0 Å². The average Bonchev–Trinajstić information content (AvgIpc) is 3.49. The SMILES string of the molecule is COC(=O)c1ccccc1-c1ccc([C@H]2[C@H](c3ccccn3)NC(=S)N2Cc2ccccc2)o1. The number of ether oxygens (including phenoxy) is 1.